The molecular weight excluding hydrogens is 284 g/mol. The van der Waals surface area contributed by atoms with Crippen LogP contribution in [0, 0.1) is 6.92 Å². The molecule has 2 bridgehead atoms. The molecule has 4 heteroatoms. The molecule has 0 spiro atoms. The molecule has 2 aliphatic heterocycles. The van der Waals surface area contributed by atoms with Crippen molar-refractivity contribution in [1.29, 1.82) is 0 Å². The summed E-state index contributed by atoms with van der Waals surface area (Å²) in [6.07, 6.45) is 12.9. The van der Waals surface area contributed by atoms with Gasteiger partial charge in [-0.05, 0) is 57.9 Å². The molecule has 1 saturated carbocycles. The fourth-order valence-corrected chi connectivity index (χ4v) is 4.63. The summed E-state index contributed by atoms with van der Waals surface area (Å²) in [5, 5.41) is 1.15. The molecule has 4 heterocycles. The number of rotatable bonds is 1. The molecule has 3 fully saturated rings. The van der Waals surface area contributed by atoms with Crippen molar-refractivity contribution in [3.05, 3.63) is 35.4 Å². The first-order valence-corrected chi connectivity index (χ1v) is 8.86. The van der Waals surface area contributed by atoms with E-state index < -0.39 is 0 Å². The molecule has 2 aromatic rings. The monoisotopic (exact) mass is 306 g/mol. The minimum atomic E-state index is 0.627. The highest BCUT2D eigenvalue weighted by atomic mass is 15.3. The summed E-state index contributed by atoms with van der Waals surface area (Å²) < 4.78 is 0. The van der Waals surface area contributed by atoms with E-state index >= 15 is 0 Å². The van der Waals surface area contributed by atoms with Crippen molar-refractivity contribution in [2.75, 3.05) is 4.90 Å². The maximum Gasteiger partial charge on any atom is 0.140 e. The predicted octanol–water partition coefficient (Wildman–Crippen LogP) is 3.94. The minimum absolute atomic E-state index is 0.627. The Balaban J connectivity index is 1.58. The van der Waals surface area contributed by atoms with E-state index in [0.29, 0.717) is 12.1 Å². The van der Waals surface area contributed by atoms with Crippen LogP contribution in [0.4, 0.5) is 5.82 Å². The fraction of sp³-hybridized carbons (Fsp3) is 0.526. The molecular formula is C19H22N4. The van der Waals surface area contributed by atoms with E-state index in [1.807, 2.05) is 19.3 Å². The third-order valence-corrected chi connectivity index (χ3v) is 5.88. The van der Waals surface area contributed by atoms with Gasteiger partial charge >= 0.3 is 0 Å². The molecule has 0 amide bonds. The fourth-order valence-electron chi connectivity index (χ4n) is 4.63. The number of hydrogen-bond donors (Lipinski definition) is 0. The Morgan fingerprint density at radius 2 is 1.83 bits per heavy atom. The zero-order valence-electron chi connectivity index (χ0n) is 13.6. The van der Waals surface area contributed by atoms with Gasteiger partial charge in [-0.3, -0.25) is 4.98 Å². The van der Waals surface area contributed by atoms with E-state index in [0.717, 1.165) is 22.5 Å². The highest BCUT2D eigenvalue weighted by Crippen LogP contribution is 2.45. The molecule has 23 heavy (non-hydrogen) atoms. The SMILES string of the molecule is Cc1nc(N2C3CCC2CC(=C2CCC2)C3)c2ccncc2n1. The van der Waals surface area contributed by atoms with Gasteiger partial charge in [0, 0.05) is 23.7 Å². The van der Waals surface area contributed by atoms with Gasteiger partial charge in [-0.25, -0.2) is 9.97 Å². The van der Waals surface area contributed by atoms with Crippen LogP contribution < -0.4 is 4.90 Å². The van der Waals surface area contributed by atoms with Crippen LogP contribution in [0.5, 0.6) is 0 Å². The number of fused-ring (bicyclic) bond motifs is 3. The van der Waals surface area contributed by atoms with Gasteiger partial charge in [0.1, 0.15) is 11.6 Å². The molecule has 4 nitrogen and oxygen atoms in total. The number of nitrogens with zero attached hydrogens (tertiary/aromatic N) is 4. The normalized spacial score (nSPS) is 26.7. The van der Waals surface area contributed by atoms with Crippen molar-refractivity contribution in [2.24, 2.45) is 0 Å². The topological polar surface area (TPSA) is 41.9 Å². The third-order valence-electron chi connectivity index (χ3n) is 5.88. The van der Waals surface area contributed by atoms with Gasteiger partial charge < -0.3 is 4.90 Å². The third kappa shape index (κ3) is 2.07. The average Bonchev–Trinajstić information content (AvgIpc) is 2.75. The molecule has 2 saturated heterocycles. The second kappa shape index (κ2) is 5.02. The maximum atomic E-state index is 4.84. The number of anilines is 1. The summed E-state index contributed by atoms with van der Waals surface area (Å²) >= 11 is 0. The van der Waals surface area contributed by atoms with Gasteiger partial charge in [-0.1, -0.05) is 11.1 Å². The quantitative estimate of drug-likeness (QED) is 0.748. The summed E-state index contributed by atoms with van der Waals surface area (Å²) in [6.45, 7) is 1.99. The van der Waals surface area contributed by atoms with Crippen LogP contribution in [0.1, 0.15) is 50.8 Å². The van der Waals surface area contributed by atoms with Gasteiger partial charge in [0.15, 0.2) is 0 Å². The van der Waals surface area contributed by atoms with Crippen molar-refractivity contribution in [3.8, 4) is 0 Å². The van der Waals surface area contributed by atoms with Crippen molar-refractivity contribution < 1.29 is 0 Å². The Hall–Kier alpha value is -1.97. The second-order valence-electron chi connectivity index (χ2n) is 7.25. The Morgan fingerprint density at radius 1 is 1.04 bits per heavy atom. The lowest BCUT2D eigenvalue weighted by atomic mass is 9.82. The van der Waals surface area contributed by atoms with Crippen LogP contribution in [-0.4, -0.2) is 27.0 Å². The molecule has 1 aliphatic carbocycles. The standard InChI is InChI=1S/C19H22N4/c1-12-21-18-11-20-8-7-17(18)19(22-12)23-15-5-6-16(23)10-14(9-15)13-3-2-4-13/h7-8,11,15-16H,2-6,9-10H2,1H3. The van der Waals surface area contributed by atoms with Crippen LogP contribution >= 0.6 is 0 Å². The first-order valence-electron chi connectivity index (χ1n) is 8.86. The number of pyridine rings is 1. The Labute approximate surface area is 136 Å². The lowest BCUT2D eigenvalue weighted by Gasteiger charge is -2.39. The molecule has 5 rings (SSSR count). The highest BCUT2D eigenvalue weighted by Gasteiger charge is 2.41. The van der Waals surface area contributed by atoms with Gasteiger partial charge in [0.25, 0.3) is 0 Å². The highest BCUT2D eigenvalue weighted by molar-refractivity contribution is 5.89. The molecule has 118 valence electrons. The maximum absolute atomic E-state index is 4.84. The Morgan fingerprint density at radius 3 is 2.52 bits per heavy atom. The molecule has 2 aromatic heterocycles. The lowest BCUT2D eigenvalue weighted by molar-refractivity contribution is 0.520. The van der Waals surface area contributed by atoms with E-state index in [-0.39, 0.29) is 0 Å². The van der Waals surface area contributed by atoms with Crippen molar-refractivity contribution >= 4 is 16.7 Å². The molecule has 3 aliphatic rings. The van der Waals surface area contributed by atoms with E-state index in [4.69, 9.17) is 4.98 Å². The zero-order valence-corrected chi connectivity index (χ0v) is 13.6. The smallest absolute Gasteiger partial charge is 0.140 e. The van der Waals surface area contributed by atoms with Gasteiger partial charge in [0.05, 0.1) is 11.7 Å². The molecule has 0 radical (unpaired) electrons. The average molecular weight is 306 g/mol. The number of allylic oxidation sites excluding steroid dienone is 1. The molecule has 0 N–H and O–H groups in total. The number of piperidine rings is 1. The van der Waals surface area contributed by atoms with Crippen LogP contribution in [0.3, 0.4) is 0 Å². The van der Waals surface area contributed by atoms with Crippen LogP contribution in [-0.2, 0) is 0 Å². The second-order valence-corrected chi connectivity index (χ2v) is 7.25. The van der Waals surface area contributed by atoms with Gasteiger partial charge in [0.2, 0.25) is 0 Å². The summed E-state index contributed by atoms with van der Waals surface area (Å²) in [5.41, 5.74) is 4.52. The lowest BCUT2D eigenvalue weighted by Crippen LogP contribution is -2.42. The van der Waals surface area contributed by atoms with E-state index in [2.05, 4.69) is 20.9 Å². The Kier molecular flexibility index (Phi) is 2.94. The molecule has 2 atom stereocenters. The van der Waals surface area contributed by atoms with Crippen LogP contribution in [0.15, 0.2) is 29.6 Å². The van der Waals surface area contributed by atoms with Crippen LogP contribution in [0.2, 0.25) is 0 Å². The molecule has 0 aromatic carbocycles. The number of aryl methyl sites for hydroxylation is 1. The van der Waals surface area contributed by atoms with E-state index in [9.17, 15) is 0 Å². The van der Waals surface area contributed by atoms with E-state index in [1.54, 1.807) is 11.1 Å². The summed E-state index contributed by atoms with van der Waals surface area (Å²) in [5.74, 6) is 1.99. The van der Waals surface area contributed by atoms with Crippen LogP contribution in [0.25, 0.3) is 10.9 Å². The van der Waals surface area contributed by atoms with Gasteiger partial charge in [-0.15, -0.1) is 0 Å². The summed E-state index contributed by atoms with van der Waals surface area (Å²) in [6, 6.07) is 3.33. The summed E-state index contributed by atoms with van der Waals surface area (Å²) in [7, 11) is 0. The first-order chi connectivity index (χ1) is 11.3. The van der Waals surface area contributed by atoms with Crippen molar-refractivity contribution in [1.82, 2.24) is 15.0 Å². The number of aromatic nitrogens is 3. The minimum Gasteiger partial charge on any atom is -0.349 e. The summed E-state index contributed by atoms with van der Waals surface area (Å²) in [4.78, 5) is 16.2. The number of hydrogen-bond acceptors (Lipinski definition) is 4. The van der Waals surface area contributed by atoms with Crippen molar-refractivity contribution in [2.45, 2.75) is 64.0 Å². The first kappa shape index (κ1) is 13.5. The van der Waals surface area contributed by atoms with Gasteiger partial charge in [-0.2, -0.15) is 0 Å². The zero-order chi connectivity index (χ0) is 15.4. The largest absolute Gasteiger partial charge is 0.349 e. The molecule has 2 unspecified atom stereocenters. The Bertz CT molecular complexity index is 788. The van der Waals surface area contributed by atoms with Crippen molar-refractivity contribution in [3.63, 3.8) is 0 Å². The predicted molar refractivity (Wildman–Crippen MR) is 91.5 cm³/mol. The van der Waals surface area contributed by atoms with E-state index in [1.165, 1.54) is 44.9 Å².